The van der Waals surface area contributed by atoms with Gasteiger partial charge in [0.05, 0.1) is 42.0 Å². The van der Waals surface area contributed by atoms with Crippen molar-refractivity contribution in [2.75, 3.05) is 19.9 Å². The number of halogens is 1. The molecule has 2 aromatic carbocycles. The SMILES string of the molecule is COc1ccc(/C=C2\CN(S(C)(=O)=O)Cc3c(OC(=O)NC(C)c4ccccn4)nn(-c4ccc(Cl)cc4)c32)cc1. The zero-order chi connectivity index (χ0) is 29.1. The fourth-order valence-corrected chi connectivity index (χ4v) is 5.36. The van der Waals surface area contributed by atoms with E-state index in [9.17, 15) is 13.2 Å². The van der Waals surface area contributed by atoms with E-state index in [1.807, 2.05) is 36.4 Å². The van der Waals surface area contributed by atoms with Crippen molar-refractivity contribution in [2.45, 2.75) is 19.5 Å². The van der Waals surface area contributed by atoms with Crippen LogP contribution in [0.25, 0.3) is 17.3 Å². The topological polar surface area (TPSA) is 116 Å². The average Bonchev–Trinajstić information content (AvgIpc) is 3.32. The minimum atomic E-state index is -3.61. The first-order valence-corrected chi connectivity index (χ1v) is 14.9. The summed E-state index contributed by atoms with van der Waals surface area (Å²) in [7, 11) is -2.02. The number of nitrogens with one attached hydrogen (secondary N) is 1. The van der Waals surface area contributed by atoms with Crippen LogP contribution in [0.5, 0.6) is 11.6 Å². The van der Waals surface area contributed by atoms with Crippen molar-refractivity contribution in [3.8, 4) is 17.3 Å². The molecular formula is C29H28ClN5O5S. The minimum Gasteiger partial charge on any atom is -0.497 e. The molecule has 0 aliphatic carbocycles. The number of hydrogen-bond acceptors (Lipinski definition) is 7. The molecule has 1 unspecified atom stereocenters. The maximum Gasteiger partial charge on any atom is 0.414 e. The van der Waals surface area contributed by atoms with Gasteiger partial charge in [-0.1, -0.05) is 29.8 Å². The van der Waals surface area contributed by atoms with Gasteiger partial charge in [0.2, 0.25) is 15.9 Å². The van der Waals surface area contributed by atoms with Crippen molar-refractivity contribution in [1.29, 1.82) is 0 Å². The monoisotopic (exact) mass is 593 g/mol. The quantitative estimate of drug-likeness (QED) is 0.317. The summed E-state index contributed by atoms with van der Waals surface area (Å²) < 4.78 is 39.4. The van der Waals surface area contributed by atoms with Crippen LogP contribution in [0.15, 0.2) is 72.9 Å². The summed E-state index contributed by atoms with van der Waals surface area (Å²) in [6.45, 7) is 1.85. The number of ether oxygens (including phenoxy) is 2. The Kier molecular flexibility index (Phi) is 8.11. The summed E-state index contributed by atoms with van der Waals surface area (Å²) in [5.74, 6) is 0.691. The van der Waals surface area contributed by atoms with E-state index >= 15 is 0 Å². The molecule has 2 aromatic heterocycles. The average molecular weight is 594 g/mol. The van der Waals surface area contributed by atoms with Crippen molar-refractivity contribution in [1.82, 2.24) is 24.4 Å². The van der Waals surface area contributed by atoms with Crippen molar-refractivity contribution in [2.24, 2.45) is 0 Å². The predicted octanol–water partition coefficient (Wildman–Crippen LogP) is 5.09. The van der Waals surface area contributed by atoms with Gasteiger partial charge in [-0.05, 0) is 72.7 Å². The smallest absolute Gasteiger partial charge is 0.414 e. The summed E-state index contributed by atoms with van der Waals surface area (Å²) in [5.41, 5.74) is 3.90. The van der Waals surface area contributed by atoms with Gasteiger partial charge in [-0.15, -0.1) is 5.10 Å². The number of methoxy groups -OCH3 is 1. The molecule has 0 bridgehead atoms. The van der Waals surface area contributed by atoms with Gasteiger partial charge in [-0.25, -0.2) is 17.9 Å². The van der Waals surface area contributed by atoms with Crippen LogP contribution in [0, 0.1) is 0 Å². The standard InChI is InChI=1S/C29H28ClN5O5S/c1-19(26-6-4-5-15-31-26)32-29(36)40-28-25-18-34(41(3,37)38)17-21(16-20-7-13-24(39-2)14-8-20)27(25)35(33-28)23-11-9-22(30)10-12-23/h4-16,19H,17-18H2,1-3H3,(H,32,36)/b21-16+. The Morgan fingerprint density at radius 1 is 1.07 bits per heavy atom. The predicted molar refractivity (Wildman–Crippen MR) is 157 cm³/mol. The van der Waals surface area contributed by atoms with Crippen LogP contribution in [0.2, 0.25) is 5.02 Å². The van der Waals surface area contributed by atoms with E-state index in [-0.39, 0.29) is 19.0 Å². The van der Waals surface area contributed by atoms with Crippen LogP contribution in [0.3, 0.4) is 0 Å². The van der Waals surface area contributed by atoms with Gasteiger partial charge < -0.3 is 14.8 Å². The number of pyridine rings is 1. The summed E-state index contributed by atoms with van der Waals surface area (Å²) >= 11 is 6.14. The molecule has 212 valence electrons. The van der Waals surface area contributed by atoms with Crippen LogP contribution < -0.4 is 14.8 Å². The lowest BCUT2D eigenvalue weighted by molar-refractivity contribution is 0.194. The molecule has 12 heteroatoms. The number of aromatic nitrogens is 3. The Bertz CT molecular complexity index is 1690. The van der Waals surface area contributed by atoms with Gasteiger partial charge >= 0.3 is 6.09 Å². The Balaban J connectivity index is 1.59. The highest BCUT2D eigenvalue weighted by Crippen LogP contribution is 2.38. The molecule has 1 atom stereocenters. The van der Waals surface area contributed by atoms with Gasteiger partial charge in [-0.2, -0.15) is 4.31 Å². The summed E-state index contributed by atoms with van der Waals surface area (Å²) in [6, 6.07) is 19.4. The fourth-order valence-electron chi connectivity index (χ4n) is 4.50. The molecule has 3 heterocycles. The maximum atomic E-state index is 13.0. The molecule has 0 saturated heterocycles. The number of amides is 1. The van der Waals surface area contributed by atoms with Crippen molar-refractivity contribution in [3.63, 3.8) is 0 Å². The van der Waals surface area contributed by atoms with E-state index in [2.05, 4.69) is 15.4 Å². The second kappa shape index (κ2) is 11.7. The van der Waals surface area contributed by atoms with Crippen molar-refractivity contribution >= 4 is 39.4 Å². The highest BCUT2D eigenvalue weighted by Gasteiger charge is 2.34. The number of hydrogen-bond donors (Lipinski definition) is 1. The van der Waals surface area contributed by atoms with E-state index in [0.29, 0.717) is 39.0 Å². The first kappa shape index (κ1) is 28.3. The first-order valence-electron chi connectivity index (χ1n) is 12.7. The third-order valence-corrected chi connectivity index (χ3v) is 8.03. The summed E-state index contributed by atoms with van der Waals surface area (Å²) in [6.07, 6.45) is 3.92. The molecule has 41 heavy (non-hydrogen) atoms. The lowest BCUT2D eigenvalue weighted by Crippen LogP contribution is -2.35. The number of benzene rings is 2. The van der Waals surface area contributed by atoms with Gasteiger partial charge in [0, 0.05) is 24.3 Å². The molecular weight excluding hydrogens is 566 g/mol. The lowest BCUT2D eigenvalue weighted by atomic mass is 10.0. The Morgan fingerprint density at radius 2 is 1.80 bits per heavy atom. The maximum absolute atomic E-state index is 13.0. The lowest BCUT2D eigenvalue weighted by Gasteiger charge is -2.27. The molecule has 0 spiro atoms. The Labute approximate surface area is 243 Å². The molecule has 0 fully saturated rings. The zero-order valence-electron chi connectivity index (χ0n) is 22.6. The molecule has 1 N–H and O–H groups in total. The van der Waals surface area contributed by atoms with E-state index in [1.165, 1.54) is 4.31 Å². The van der Waals surface area contributed by atoms with E-state index < -0.39 is 22.2 Å². The zero-order valence-corrected chi connectivity index (χ0v) is 24.2. The second-order valence-corrected chi connectivity index (χ2v) is 11.9. The Hall–Kier alpha value is -4.19. The number of rotatable bonds is 7. The largest absolute Gasteiger partial charge is 0.497 e. The number of sulfonamides is 1. The number of carbonyl (C=O) groups excluding carboxylic acids is 1. The first-order chi connectivity index (χ1) is 19.6. The van der Waals surface area contributed by atoms with Crippen molar-refractivity contribution < 1.29 is 22.7 Å². The molecule has 1 amide bonds. The van der Waals surface area contributed by atoms with E-state index in [4.69, 9.17) is 21.1 Å². The third kappa shape index (κ3) is 6.43. The van der Waals surface area contributed by atoms with Crippen molar-refractivity contribution in [3.05, 3.63) is 100 Å². The van der Waals surface area contributed by atoms with Gasteiger partial charge in [0.25, 0.3) is 0 Å². The molecule has 10 nitrogen and oxygen atoms in total. The van der Waals surface area contributed by atoms with Crippen LogP contribution in [0.1, 0.15) is 35.5 Å². The van der Waals surface area contributed by atoms with Crippen LogP contribution in [-0.4, -0.2) is 53.5 Å². The Morgan fingerprint density at radius 3 is 2.44 bits per heavy atom. The van der Waals surface area contributed by atoms with Crippen LogP contribution in [0.4, 0.5) is 4.79 Å². The fraction of sp³-hybridized carbons (Fsp3) is 0.207. The normalized spacial score (nSPS) is 15.3. The third-order valence-electron chi connectivity index (χ3n) is 6.58. The number of nitrogens with zero attached hydrogens (tertiary/aromatic N) is 4. The van der Waals surface area contributed by atoms with Gasteiger partial charge in [0.1, 0.15) is 5.75 Å². The highest BCUT2D eigenvalue weighted by atomic mass is 35.5. The molecule has 5 rings (SSSR count). The summed E-state index contributed by atoms with van der Waals surface area (Å²) in [4.78, 5) is 17.3. The van der Waals surface area contributed by atoms with Gasteiger partial charge in [0.15, 0.2) is 0 Å². The molecule has 0 saturated carbocycles. The molecule has 1 aliphatic rings. The molecule has 0 radical (unpaired) electrons. The van der Waals surface area contributed by atoms with Crippen LogP contribution in [-0.2, 0) is 16.6 Å². The molecule has 4 aromatic rings. The van der Waals surface area contributed by atoms with E-state index in [0.717, 1.165) is 11.8 Å². The highest BCUT2D eigenvalue weighted by molar-refractivity contribution is 7.88. The van der Waals surface area contributed by atoms with Crippen LogP contribution >= 0.6 is 11.6 Å². The van der Waals surface area contributed by atoms with Gasteiger partial charge in [-0.3, -0.25) is 4.98 Å². The number of fused-ring (bicyclic) bond motifs is 1. The van der Waals surface area contributed by atoms with E-state index in [1.54, 1.807) is 61.3 Å². The second-order valence-electron chi connectivity index (χ2n) is 9.50. The number of carbonyl (C=O) groups is 1. The minimum absolute atomic E-state index is 0.00495. The molecule has 1 aliphatic heterocycles. The summed E-state index contributed by atoms with van der Waals surface area (Å²) in [5, 5.41) is 7.95.